The minimum absolute atomic E-state index is 0.0916. The van der Waals surface area contributed by atoms with Gasteiger partial charge in [-0.25, -0.2) is 9.69 Å². The Morgan fingerprint density at radius 3 is 1.63 bits per heavy atom. The molecule has 0 saturated heterocycles. The molecule has 0 saturated carbocycles. The first-order chi connectivity index (χ1) is 14.6. The first-order valence-electron chi connectivity index (χ1n) is 9.03. The quantitative estimate of drug-likeness (QED) is 0.424. The van der Waals surface area contributed by atoms with E-state index >= 15 is 0 Å². The number of carbonyl (C=O) groups is 3. The van der Waals surface area contributed by atoms with Gasteiger partial charge >= 0.3 is 5.97 Å². The van der Waals surface area contributed by atoms with Crippen molar-refractivity contribution in [3.8, 4) is 20.9 Å². The van der Waals surface area contributed by atoms with Gasteiger partial charge in [0.1, 0.15) is 0 Å². The number of anilines is 1. The van der Waals surface area contributed by atoms with Crippen molar-refractivity contribution in [2.75, 3.05) is 4.90 Å². The molecule has 0 fully saturated rings. The maximum Gasteiger partial charge on any atom is 0.335 e. The number of aromatic carboxylic acids is 1. The van der Waals surface area contributed by atoms with Crippen LogP contribution in [-0.2, 0) is 0 Å². The van der Waals surface area contributed by atoms with Crippen LogP contribution in [0.15, 0.2) is 71.4 Å². The Kier molecular flexibility index (Phi) is 4.34. The van der Waals surface area contributed by atoms with Gasteiger partial charge in [-0.15, -0.1) is 22.7 Å². The number of hydrogen-bond donors (Lipinski definition) is 1. The topological polar surface area (TPSA) is 74.7 Å². The van der Waals surface area contributed by atoms with Gasteiger partial charge in [0.05, 0.1) is 22.4 Å². The van der Waals surface area contributed by atoms with Gasteiger partial charge in [0.15, 0.2) is 0 Å². The van der Waals surface area contributed by atoms with Crippen molar-refractivity contribution in [1.29, 1.82) is 0 Å². The molecule has 2 amide bonds. The van der Waals surface area contributed by atoms with Crippen LogP contribution in [0.5, 0.6) is 0 Å². The fourth-order valence-corrected chi connectivity index (χ4v) is 5.14. The molecule has 0 aliphatic carbocycles. The molecule has 2 aromatic carbocycles. The van der Waals surface area contributed by atoms with Gasteiger partial charge in [-0.05, 0) is 47.2 Å². The van der Waals surface area contributed by atoms with Crippen LogP contribution in [0.4, 0.5) is 5.69 Å². The molecule has 1 aliphatic rings. The van der Waals surface area contributed by atoms with Gasteiger partial charge in [-0.2, -0.15) is 0 Å². The highest BCUT2D eigenvalue weighted by Crippen LogP contribution is 2.42. The molecule has 1 aliphatic heterocycles. The lowest BCUT2D eigenvalue weighted by Crippen LogP contribution is -2.29. The molecule has 5 nitrogen and oxygen atoms in total. The molecule has 0 atom stereocenters. The Morgan fingerprint density at radius 2 is 1.23 bits per heavy atom. The third-order valence-electron chi connectivity index (χ3n) is 4.98. The standard InChI is InChI=1S/C23H13NO4S2/c25-21-19-15(17-3-1-11-29-17)9-10-16(18-4-2-12-30-18)20(19)22(26)24(21)14-7-5-13(6-8-14)23(27)28/h1-12H,(H,27,28). The molecule has 3 heterocycles. The molecule has 4 aromatic rings. The van der Waals surface area contributed by atoms with E-state index in [2.05, 4.69) is 0 Å². The van der Waals surface area contributed by atoms with Crippen LogP contribution < -0.4 is 4.90 Å². The predicted molar refractivity (Wildman–Crippen MR) is 118 cm³/mol. The molecule has 0 unspecified atom stereocenters. The fourth-order valence-electron chi connectivity index (χ4n) is 3.62. The maximum absolute atomic E-state index is 13.5. The van der Waals surface area contributed by atoms with Crippen LogP contribution in [0.1, 0.15) is 31.1 Å². The number of carboxylic acid groups (broad SMARTS) is 1. The lowest BCUT2D eigenvalue weighted by molar-refractivity contribution is 0.0696. The molecule has 0 spiro atoms. The van der Waals surface area contributed by atoms with Crippen molar-refractivity contribution in [1.82, 2.24) is 0 Å². The van der Waals surface area contributed by atoms with Gasteiger partial charge < -0.3 is 5.11 Å². The van der Waals surface area contributed by atoms with E-state index in [0.717, 1.165) is 25.8 Å². The summed E-state index contributed by atoms with van der Waals surface area (Å²) in [5.74, 6) is -1.87. The van der Waals surface area contributed by atoms with E-state index in [-0.39, 0.29) is 5.56 Å². The summed E-state index contributed by atoms with van der Waals surface area (Å²) >= 11 is 3.01. The maximum atomic E-state index is 13.5. The molecular weight excluding hydrogens is 418 g/mol. The minimum atomic E-state index is -1.07. The van der Waals surface area contributed by atoms with Gasteiger partial charge in [-0.3, -0.25) is 9.59 Å². The molecular formula is C23H13NO4S2. The Balaban J connectivity index is 1.70. The normalized spacial score (nSPS) is 13.0. The van der Waals surface area contributed by atoms with Crippen LogP contribution in [0.25, 0.3) is 20.9 Å². The molecule has 0 radical (unpaired) electrons. The summed E-state index contributed by atoms with van der Waals surface area (Å²) in [7, 11) is 0. The van der Waals surface area contributed by atoms with Crippen molar-refractivity contribution in [3.05, 3.63) is 88.1 Å². The summed E-state index contributed by atoms with van der Waals surface area (Å²) in [5, 5.41) is 13.0. The van der Waals surface area contributed by atoms with Crippen LogP contribution in [0.3, 0.4) is 0 Å². The third kappa shape index (κ3) is 2.79. The number of hydrogen-bond acceptors (Lipinski definition) is 5. The smallest absolute Gasteiger partial charge is 0.335 e. The van der Waals surface area contributed by atoms with Crippen LogP contribution in [-0.4, -0.2) is 22.9 Å². The third-order valence-corrected chi connectivity index (χ3v) is 6.79. The fraction of sp³-hybridized carbons (Fsp3) is 0. The van der Waals surface area contributed by atoms with E-state index in [1.54, 1.807) is 0 Å². The minimum Gasteiger partial charge on any atom is -0.478 e. The van der Waals surface area contributed by atoms with E-state index in [9.17, 15) is 14.4 Å². The van der Waals surface area contributed by atoms with Crippen LogP contribution in [0, 0.1) is 0 Å². The van der Waals surface area contributed by atoms with Crippen molar-refractivity contribution >= 4 is 46.1 Å². The average Bonchev–Trinajstić information content (AvgIpc) is 3.50. The number of amides is 2. The SMILES string of the molecule is O=C(O)c1ccc(N2C(=O)c3c(-c4cccs4)ccc(-c4cccs4)c3C2=O)cc1. The van der Waals surface area contributed by atoms with Crippen molar-refractivity contribution < 1.29 is 19.5 Å². The van der Waals surface area contributed by atoms with Gasteiger partial charge in [0.25, 0.3) is 11.8 Å². The van der Waals surface area contributed by atoms with Gasteiger partial charge in [0.2, 0.25) is 0 Å². The number of thiophene rings is 2. The summed E-state index contributed by atoms with van der Waals surface area (Å²) in [6.07, 6.45) is 0. The summed E-state index contributed by atoms with van der Waals surface area (Å²) in [6, 6.07) is 17.2. The van der Waals surface area contributed by atoms with Gasteiger partial charge in [0, 0.05) is 20.9 Å². The molecule has 146 valence electrons. The zero-order valence-electron chi connectivity index (χ0n) is 15.4. The molecule has 5 rings (SSSR count). The second kappa shape index (κ2) is 7.05. The Hall–Kier alpha value is -3.55. The number of nitrogens with zero attached hydrogens (tertiary/aromatic N) is 1. The Labute approximate surface area is 179 Å². The molecule has 1 N–H and O–H groups in total. The highest BCUT2D eigenvalue weighted by atomic mass is 32.1. The Bertz CT molecular complexity index is 1220. The lowest BCUT2D eigenvalue weighted by Gasteiger charge is -2.14. The molecule has 30 heavy (non-hydrogen) atoms. The highest BCUT2D eigenvalue weighted by molar-refractivity contribution is 7.14. The number of imide groups is 1. The number of carboxylic acids is 1. The zero-order chi connectivity index (χ0) is 20.8. The number of carbonyl (C=O) groups excluding carboxylic acids is 2. The predicted octanol–water partition coefficient (Wildman–Crippen LogP) is 5.64. The highest BCUT2D eigenvalue weighted by Gasteiger charge is 2.41. The zero-order valence-corrected chi connectivity index (χ0v) is 17.0. The second-order valence-corrected chi connectivity index (χ2v) is 8.56. The molecule has 0 bridgehead atoms. The number of rotatable bonds is 4. The van der Waals surface area contributed by atoms with E-state index in [0.29, 0.717) is 16.8 Å². The van der Waals surface area contributed by atoms with E-state index in [1.807, 2.05) is 47.2 Å². The van der Waals surface area contributed by atoms with E-state index in [1.165, 1.54) is 46.9 Å². The average molecular weight is 431 g/mol. The molecule has 2 aromatic heterocycles. The van der Waals surface area contributed by atoms with E-state index in [4.69, 9.17) is 5.11 Å². The number of fused-ring (bicyclic) bond motifs is 1. The van der Waals surface area contributed by atoms with Gasteiger partial charge in [-0.1, -0.05) is 24.3 Å². The first-order valence-corrected chi connectivity index (χ1v) is 10.8. The van der Waals surface area contributed by atoms with Crippen molar-refractivity contribution in [2.24, 2.45) is 0 Å². The number of benzene rings is 2. The largest absolute Gasteiger partial charge is 0.478 e. The summed E-state index contributed by atoms with van der Waals surface area (Å²) in [5.41, 5.74) is 2.66. The Morgan fingerprint density at radius 1 is 0.733 bits per heavy atom. The molecule has 7 heteroatoms. The van der Waals surface area contributed by atoms with Crippen molar-refractivity contribution in [2.45, 2.75) is 0 Å². The van der Waals surface area contributed by atoms with Crippen molar-refractivity contribution in [3.63, 3.8) is 0 Å². The summed E-state index contributed by atoms with van der Waals surface area (Å²) in [6.45, 7) is 0. The van der Waals surface area contributed by atoms with Crippen LogP contribution >= 0.6 is 22.7 Å². The lowest BCUT2D eigenvalue weighted by atomic mass is 9.96. The summed E-state index contributed by atoms with van der Waals surface area (Å²) in [4.78, 5) is 41.0. The van der Waals surface area contributed by atoms with Crippen LogP contribution in [0.2, 0.25) is 0 Å². The summed E-state index contributed by atoms with van der Waals surface area (Å²) < 4.78 is 0. The first kappa shape index (κ1) is 18.5. The monoisotopic (exact) mass is 431 g/mol. The second-order valence-electron chi connectivity index (χ2n) is 6.66. The van der Waals surface area contributed by atoms with E-state index < -0.39 is 17.8 Å².